The molecule has 0 aromatic heterocycles. The number of Topliss-reactive ketones (excluding diaryl/α,β-unsaturated/α-hetero) is 1. The van der Waals surface area contributed by atoms with E-state index in [9.17, 15) is 9.90 Å². The number of aliphatic hydroxyl groups excluding tert-OH is 1. The average molecular weight is 330 g/mol. The number of halogens is 1. The molecule has 1 saturated heterocycles. The fourth-order valence-corrected chi connectivity index (χ4v) is 2.27. The molecule has 5 nitrogen and oxygen atoms in total. The Bertz CT molecular complexity index is 446. The fourth-order valence-electron chi connectivity index (χ4n) is 2.27. The van der Waals surface area contributed by atoms with Gasteiger partial charge in [0.1, 0.15) is 18.5 Å². The summed E-state index contributed by atoms with van der Waals surface area (Å²) in [5.74, 6) is 0.789. The molecule has 1 unspecified atom stereocenters. The Morgan fingerprint density at radius 3 is 2.55 bits per heavy atom. The Morgan fingerprint density at radius 2 is 1.95 bits per heavy atom. The van der Waals surface area contributed by atoms with Crippen LogP contribution in [-0.4, -0.2) is 61.3 Å². The number of β-amino-alcohol motifs (C(OH)–C–C–N with tert-alkyl or cyclic N) is 1. The molecule has 22 heavy (non-hydrogen) atoms. The van der Waals surface area contributed by atoms with E-state index < -0.39 is 6.10 Å². The Morgan fingerprint density at radius 1 is 1.32 bits per heavy atom. The lowest BCUT2D eigenvalue weighted by Gasteiger charge is -2.28. The first-order valence-electron chi connectivity index (χ1n) is 7.43. The van der Waals surface area contributed by atoms with E-state index in [2.05, 4.69) is 4.90 Å². The molecule has 1 N–H and O–H groups in total. The summed E-state index contributed by atoms with van der Waals surface area (Å²) in [6.45, 7) is 5.83. The number of carbonyl (C=O) groups excluding carboxylic acids is 1. The van der Waals surface area contributed by atoms with Crippen LogP contribution in [0.3, 0.4) is 0 Å². The summed E-state index contributed by atoms with van der Waals surface area (Å²) in [7, 11) is 0. The molecule has 2 rings (SSSR count). The first-order chi connectivity index (χ1) is 10.2. The van der Waals surface area contributed by atoms with Gasteiger partial charge in [-0.15, -0.1) is 12.4 Å². The first-order valence-corrected chi connectivity index (χ1v) is 7.43. The number of ketones is 1. The van der Waals surface area contributed by atoms with Crippen molar-refractivity contribution in [2.24, 2.45) is 0 Å². The van der Waals surface area contributed by atoms with Crippen LogP contribution in [0.1, 0.15) is 23.7 Å². The molecule has 1 aliphatic rings. The number of benzene rings is 1. The number of rotatable bonds is 7. The highest BCUT2D eigenvalue weighted by atomic mass is 35.5. The van der Waals surface area contributed by atoms with Crippen LogP contribution in [0.15, 0.2) is 24.3 Å². The molecule has 0 radical (unpaired) electrons. The van der Waals surface area contributed by atoms with E-state index in [4.69, 9.17) is 9.47 Å². The summed E-state index contributed by atoms with van der Waals surface area (Å²) in [4.78, 5) is 13.7. The molecular weight excluding hydrogens is 306 g/mol. The van der Waals surface area contributed by atoms with Crippen LogP contribution in [0, 0.1) is 0 Å². The Kier molecular flexibility index (Phi) is 8.42. The zero-order valence-electron chi connectivity index (χ0n) is 12.9. The van der Waals surface area contributed by atoms with Crippen LogP contribution in [0.5, 0.6) is 5.75 Å². The van der Waals surface area contributed by atoms with Gasteiger partial charge in [0.25, 0.3) is 0 Å². The number of ether oxygens (including phenoxy) is 2. The Hall–Kier alpha value is -1.14. The smallest absolute Gasteiger partial charge is 0.162 e. The Labute approximate surface area is 137 Å². The summed E-state index contributed by atoms with van der Waals surface area (Å²) < 4.78 is 10.8. The van der Waals surface area contributed by atoms with E-state index in [0.717, 1.165) is 26.3 Å². The lowest BCUT2D eigenvalue weighted by molar-refractivity contribution is 0.00465. The first kappa shape index (κ1) is 18.9. The van der Waals surface area contributed by atoms with Gasteiger partial charge in [-0.3, -0.25) is 9.69 Å². The van der Waals surface area contributed by atoms with Crippen LogP contribution >= 0.6 is 12.4 Å². The predicted molar refractivity (Wildman–Crippen MR) is 87.1 cm³/mol. The van der Waals surface area contributed by atoms with E-state index in [-0.39, 0.29) is 24.8 Å². The normalized spacial score (nSPS) is 16.6. The third-order valence-electron chi connectivity index (χ3n) is 3.51. The molecule has 6 heteroatoms. The van der Waals surface area contributed by atoms with Crippen molar-refractivity contribution in [1.29, 1.82) is 0 Å². The molecule has 0 bridgehead atoms. The van der Waals surface area contributed by atoms with E-state index in [0.29, 0.717) is 24.3 Å². The van der Waals surface area contributed by atoms with Gasteiger partial charge in [0.15, 0.2) is 5.78 Å². The fraction of sp³-hybridized carbons (Fsp3) is 0.562. The predicted octanol–water partition coefficient (Wildman–Crippen LogP) is 1.77. The van der Waals surface area contributed by atoms with Crippen LogP contribution in [0.25, 0.3) is 0 Å². The van der Waals surface area contributed by atoms with Crippen LogP contribution in [0.2, 0.25) is 0 Å². The number of carbonyl (C=O) groups is 1. The summed E-state index contributed by atoms with van der Waals surface area (Å²) in [6.07, 6.45) is -0.0293. The maximum atomic E-state index is 11.5. The lowest BCUT2D eigenvalue weighted by Crippen LogP contribution is -2.42. The second kappa shape index (κ2) is 9.79. The van der Waals surface area contributed by atoms with Gasteiger partial charge < -0.3 is 14.6 Å². The van der Waals surface area contributed by atoms with E-state index in [1.54, 1.807) is 24.3 Å². The minimum atomic E-state index is -0.528. The van der Waals surface area contributed by atoms with Crippen LogP contribution in [0.4, 0.5) is 0 Å². The van der Waals surface area contributed by atoms with Crippen molar-refractivity contribution in [3.8, 4) is 5.75 Å². The molecule has 0 amide bonds. The van der Waals surface area contributed by atoms with Crippen molar-refractivity contribution in [2.75, 3.05) is 39.5 Å². The average Bonchev–Trinajstić information content (AvgIpc) is 2.53. The van der Waals surface area contributed by atoms with Crippen molar-refractivity contribution >= 4 is 18.2 Å². The summed E-state index contributed by atoms with van der Waals surface area (Å²) >= 11 is 0. The molecular formula is C16H24ClNO4. The third kappa shape index (κ3) is 5.93. The van der Waals surface area contributed by atoms with Gasteiger partial charge in [0.2, 0.25) is 0 Å². The third-order valence-corrected chi connectivity index (χ3v) is 3.51. The van der Waals surface area contributed by atoms with Gasteiger partial charge in [0, 0.05) is 31.6 Å². The zero-order valence-corrected chi connectivity index (χ0v) is 13.7. The maximum Gasteiger partial charge on any atom is 0.162 e. The largest absolute Gasteiger partial charge is 0.491 e. The molecule has 1 heterocycles. The van der Waals surface area contributed by atoms with Crippen LogP contribution < -0.4 is 4.74 Å². The van der Waals surface area contributed by atoms with Gasteiger partial charge in [-0.1, -0.05) is 6.92 Å². The van der Waals surface area contributed by atoms with Crippen molar-refractivity contribution in [1.82, 2.24) is 4.90 Å². The SMILES string of the molecule is CCC(=O)c1ccc(OCC(O)CN2CCOCC2)cc1.Cl. The maximum absolute atomic E-state index is 11.5. The molecule has 124 valence electrons. The summed E-state index contributed by atoms with van der Waals surface area (Å²) in [5, 5.41) is 9.98. The van der Waals surface area contributed by atoms with Crippen LogP contribution in [-0.2, 0) is 4.74 Å². The van der Waals surface area contributed by atoms with Crippen molar-refractivity contribution in [2.45, 2.75) is 19.4 Å². The van der Waals surface area contributed by atoms with Gasteiger partial charge in [-0.05, 0) is 24.3 Å². The minimum absolute atomic E-state index is 0. The highest BCUT2D eigenvalue weighted by molar-refractivity contribution is 5.95. The molecule has 0 aliphatic carbocycles. The van der Waals surface area contributed by atoms with Crippen molar-refractivity contribution in [3.05, 3.63) is 29.8 Å². The van der Waals surface area contributed by atoms with Gasteiger partial charge in [-0.2, -0.15) is 0 Å². The number of morpholine rings is 1. The van der Waals surface area contributed by atoms with E-state index in [1.807, 2.05) is 6.92 Å². The highest BCUT2D eigenvalue weighted by Gasteiger charge is 2.15. The molecule has 0 saturated carbocycles. The quantitative estimate of drug-likeness (QED) is 0.773. The molecule has 1 atom stereocenters. The highest BCUT2D eigenvalue weighted by Crippen LogP contribution is 2.14. The number of nitrogens with zero attached hydrogens (tertiary/aromatic N) is 1. The van der Waals surface area contributed by atoms with Gasteiger partial charge in [-0.25, -0.2) is 0 Å². The molecule has 1 aromatic rings. The molecule has 0 spiro atoms. The van der Waals surface area contributed by atoms with Crippen molar-refractivity contribution < 1.29 is 19.4 Å². The van der Waals surface area contributed by atoms with Gasteiger partial charge in [0.05, 0.1) is 13.2 Å². The number of hydrogen-bond acceptors (Lipinski definition) is 5. The minimum Gasteiger partial charge on any atom is -0.491 e. The van der Waals surface area contributed by atoms with E-state index >= 15 is 0 Å². The summed E-state index contributed by atoms with van der Waals surface area (Å²) in [6, 6.07) is 7.06. The molecule has 1 aliphatic heterocycles. The summed E-state index contributed by atoms with van der Waals surface area (Å²) in [5.41, 5.74) is 0.693. The molecule has 1 fully saturated rings. The second-order valence-corrected chi connectivity index (χ2v) is 5.18. The monoisotopic (exact) mass is 329 g/mol. The number of aliphatic hydroxyl groups is 1. The standard InChI is InChI=1S/C16H23NO4.ClH/c1-2-16(19)13-3-5-15(6-4-13)21-12-14(18)11-17-7-9-20-10-8-17;/h3-6,14,18H,2,7-12H2,1H3;1H. The zero-order chi connectivity index (χ0) is 15.1. The van der Waals surface area contributed by atoms with E-state index in [1.165, 1.54) is 0 Å². The molecule has 1 aromatic carbocycles. The Balaban J connectivity index is 0.00000242. The topological polar surface area (TPSA) is 59.0 Å². The number of hydrogen-bond donors (Lipinski definition) is 1. The van der Waals surface area contributed by atoms with Gasteiger partial charge >= 0.3 is 0 Å². The lowest BCUT2D eigenvalue weighted by atomic mass is 10.1. The second-order valence-electron chi connectivity index (χ2n) is 5.18. The van der Waals surface area contributed by atoms with Crippen molar-refractivity contribution in [3.63, 3.8) is 0 Å².